The fraction of sp³-hybridized carbons (Fsp3) is 0.227. The highest BCUT2D eigenvalue weighted by atomic mass is 16.2. The van der Waals surface area contributed by atoms with Gasteiger partial charge in [-0.25, -0.2) is 0 Å². The molecule has 0 unspecified atom stereocenters. The molecule has 3 aromatic rings. The maximum Gasteiger partial charge on any atom is 0.261 e. The van der Waals surface area contributed by atoms with E-state index < -0.39 is 0 Å². The van der Waals surface area contributed by atoms with Crippen molar-refractivity contribution < 1.29 is 9.59 Å². The third-order valence-electron chi connectivity index (χ3n) is 5.62. The van der Waals surface area contributed by atoms with Gasteiger partial charge in [0.25, 0.3) is 17.4 Å². The molecule has 134 valence electrons. The Balaban J connectivity index is 1.55. The van der Waals surface area contributed by atoms with Gasteiger partial charge in [0.15, 0.2) is 0 Å². The Morgan fingerprint density at radius 3 is 2.22 bits per heavy atom. The van der Waals surface area contributed by atoms with E-state index in [0.29, 0.717) is 11.1 Å². The minimum absolute atomic E-state index is 0.00491. The first kappa shape index (κ1) is 16.0. The maximum atomic E-state index is 12.6. The van der Waals surface area contributed by atoms with Crippen molar-refractivity contribution in [3.05, 3.63) is 80.6 Å². The summed E-state index contributed by atoms with van der Waals surface area (Å²) >= 11 is 0. The molecule has 0 fully saturated rings. The van der Waals surface area contributed by atoms with E-state index >= 15 is 0 Å². The fourth-order valence-electron chi connectivity index (χ4n) is 4.26. The molecule has 2 aromatic carbocycles. The number of nitrogens with one attached hydrogen (secondary N) is 1. The number of aryl methyl sites for hydroxylation is 1. The maximum absolute atomic E-state index is 12.6. The van der Waals surface area contributed by atoms with Gasteiger partial charge in [-0.1, -0.05) is 18.2 Å². The number of hydrogen-bond donors (Lipinski definition) is 1. The van der Waals surface area contributed by atoms with Gasteiger partial charge in [0, 0.05) is 16.5 Å². The van der Waals surface area contributed by atoms with Crippen molar-refractivity contribution in [1.29, 1.82) is 0 Å². The van der Waals surface area contributed by atoms with Gasteiger partial charge in [-0.15, -0.1) is 0 Å². The van der Waals surface area contributed by atoms with Crippen LogP contribution in [0, 0.1) is 0 Å². The SMILES string of the molecule is O=C1c2ccccc2C(=O)N1Cc1ccc2[nH]c(=O)c3c(c2c1)CCCC3. The quantitative estimate of drug-likeness (QED) is 0.715. The van der Waals surface area contributed by atoms with Gasteiger partial charge in [-0.3, -0.25) is 19.3 Å². The van der Waals surface area contributed by atoms with Crippen LogP contribution >= 0.6 is 0 Å². The highest BCUT2D eigenvalue weighted by Gasteiger charge is 2.35. The Morgan fingerprint density at radius 1 is 0.852 bits per heavy atom. The number of carbonyl (C=O) groups excluding carboxylic acids is 2. The number of imide groups is 1. The molecule has 1 aliphatic heterocycles. The molecule has 0 atom stereocenters. The highest BCUT2D eigenvalue weighted by molar-refractivity contribution is 6.21. The molecule has 5 heteroatoms. The number of rotatable bonds is 2. The number of H-pyrrole nitrogens is 1. The summed E-state index contributed by atoms with van der Waals surface area (Å²) < 4.78 is 0. The third kappa shape index (κ3) is 2.42. The standard InChI is InChI=1S/C22H18N2O3/c25-20-15-6-2-1-5-14(15)18-11-13(9-10-19(18)23-20)12-24-21(26)16-7-3-4-8-17(16)22(24)27/h3-4,7-11H,1-2,5-6,12H2,(H,23,25). The molecule has 5 rings (SSSR count). The predicted octanol–water partition coefficient (Wildman–Crippen LogP) is 3.20. The molecule has 0 saturated heterocycles. The molecule has 1 aromatic heterocycles. The van der Waals surface area contributed by atoms with Crippen LogP contribution < -0.4 is 5.56 Å². The normalized spacial score (nSPS) is 15.9. The molecular formula is C22H18N2O3. The lowest BCUT2D eigenvalue weighted by Crippen LogP contribution is -2.29. The lowest BCUT2D eigenvalue weighted by Gasteiger charge is -2.18. The fourth-order valence-corrected chi connectivity index (χ4v) is 4.26. The largest absolute Gasteiger partial charge is 0.322 e. The van der Waals surface area contributed by atoms with Crippen LogP contribution in [-0.2, 0) is 19.4 Å². The van der Waals surface area contributed by atoms with E-state index in [2.05, 4.69) is 4.98 Å². The summed E-state index contributed by atoms with van der Waals surface area (Å²) in [5.41, 5.74) is 4.62. The van der Waals surface area contributed by atoms with Crippen LogP contribution in [0.5, 0.6) is 0 Å². The van der Waals surface area contributed by atoms with Crippen molar-refractivity contribution >= 4 is 22.7 Å². The van der Waals surface area contributed by atoms with Crippen molar-refractivity contribution in [2.45, 2.75) is 32.2 Å². The van der Waals surface area contributed by atoms with E-state index in [9.17, 15) is 14.4 Å². The van der Waals surface area contributed by atoms with Crippen LogP contribution in [0.15, 0.2) is 47.3 Å². The van der Waals surface area contributed by atoms with Crippen LogP contribution in [0.25, 0.3) is 10.9 Å². The number of amides is 2. The zero-order valence-corrected chi connectivity index (χ0v) is 14.7. The Labute approximate surface area is 155 Å². The third-order valence-corrected chi connectivity index (χ3v) is 5.62. The van der Waals surface area contributed by atoms with Crippen molar-refractivity contribution in [1.82, 2.24) is 9.88 Å². The van der Waals surface area contributed by atoms with Crippen LogP contribution in [0.2, 0.25) is 0 Å². The zero-order valence-electron chi connectivity index (χ0n) is 14.7. The second-order valence-corrected chi connectivity index (χ2v) is 7.24. The second-order valence-electron chi connectivity index (χ2n) is 7.24. The van der Waals surface area contributed by atoms with Gasteiger partial charge in [0.05, 0.1) is 17.7 Å². The minimum Gasteiger partial charge on any atom is -0.322 e. The van der Waals surface area contributed by atoms with Crippen molar-refractivity contribution in [3.8, 4) is 0 Å². The Bertz CT molecular complexity index is 1140. The van der Waals surface area contributed by atoms with Crippen molar-refractivity contribution in [3.63, 3.8) is 0 Å². The smallest absolute Gasteiger partial charge is 0.261 e. The van der Waals surface area contributed by atoms with Gasteiger partial charge in [0.1, 0.15) is 0 Å². The average molecular weight is 358 g/mol. The minimum atomic E-state index is -0.251. The van der Waals surface area contributed by atoms with E-state index in [-0.39, 0.29) is 23.9 Å². The Hall–Kier alpha value is -3.21. The topological polar surface area (TPSA) is 70.2 Å². The van der Waals surface area contributed by atoms with Crippen molar-refractivity contribution in [2.75, 3.05) is 0 Å². The number of aromatic amines is 1. The monoisotopic (exact) mass is 358 g/mol. The first-order chi connectivity index (χ1) is 13.1. The molecular weight excluding hydrogens is 340 g/mol. The van der Waals surface area contributed by atoms with Gasteiger partial charge in [-0.05, 0) is 61.1 Å². The molecule has 0 bridgehead atoms. The van der Waals surface area contributed by atoms with Crippen LogP contribution in [-0.4, -0.2) is 21.7 Å². The van der Waals surface area contributed by atoms with Crippen LogP contribution in [0.3, 0.4) is 0 Å². The van der Waals surface area contributed by atoms with E-state index in [4.69, 9.17) is 0 Å². The summed E-state index contributed by atoms with van der Waals surface area (Å²) in [6.07, 6.45) is 3.82. The number of fused-ring (bicyclic) bond motifs is 4. The van der Waals surface area contributed by atoms with Crippen molar-refractivity contribution in [2.24, 2.45) is 0 Å². The predicted molar refractivity (Wildman–Crippen MR) is 102 cm³/mol. The summed E-state index contributed by atoms with van der Waals surface area (Å²) in [6, 6.07) is 12.7. The number of carbonyl (C=O) groups is 2. The van der Waals surface area contributed by atoms with E-state index in [1.807, 2.05) is 18.2 Å². The summed E-state index contributed by atoms with van der Waals surface area (Å²) in [5.74, 6) is -0.501. The lowest BCUT2D eigenvalue weighted by molar-refractivity contribution is 0.0642. The summed E-state index contributed by atoms with van der Waals surface area (Å²) in [7, 11) is 0. The number of pyridine rings is 1. The van der Waals surface area contributed by atoms with Crippen LogP contribution in [0.1, 0.15) is 50.2 Å². The first-order valence-corrected chi connectivity index (χ1v) is 9.25. The average Bonchev–Trinajstić information content (AvgIpc) is 2.94. The number of aromatic nitrogens is 1. The zero-order chi connectivity index (χ0) is 18.5. The van der Waals surface area contributed by atoms with E-state index in [1.54, 1.807) is 24.3 Å². The number of benzene rings is 2. The van der Waals surface area contributed by atoms with Gasteiger partial charge in [-0.2, -0.15) is 0 Å². The molecule has 2 aliphatic rings. The number of nitrogens with zero attached hydrogens (tertiary/aromatic N) is 1. The Morgan fingerprint density at radius 2 is 1.52 bits per heavy atom. The molecule has 2 amide bonds. The van der Waals surface area contributed by atoms with Gasteiger partial charge >= 0.3 is 0 Å². The molecule has 0 radical (unpaired) electrons. The lowest BCUT2D eigenvalue weighted by atomic mass is 9.89. The molecule has 0 spiro atoms. The second kappa shape index (κ2) is 5.91. The molecule has 0 saturated carbocycles. The van der Waals surface area contributed by atoms with Gasteiger partial charge in [0.2, 0.25) is 0 Å². The van der Waals surface area contributed by atoms with E-state index in [1.165, 1.54) is 4.90 Å². The summed E-state index contributed by atoms with van der Waals surface area (Å²) in [6.45, 7) is 0.232. The molecule has 1 N–H and O–H groups in total. The highest BCUT2D eigenvalue weighted by Crippen LogP contribution is 2.28. The molecule has 5 nitrogen and oxygen atoms in total. The Kier molecular flexibility index (Phi) is 3.50. The number of hydrogen-bond acceptors (Lipinski definition) is 3. The summed E-state index contributed by atoms with van der Waals surface area (Å²) in [5, 5.41) is 1.03. The molecule has 1 aliphatic carbocycles. The van der Waals surface area contributed by atoms with Gasteiger partial charge < -0.3 is 4.98 Å². The summed E-state index contributed by atoms with van der Waals surface area (Å²) in [4.78, 5) is 41.8. The molecule has 2 heterocycles. The first-order valence-electron chi connectivity index (χ1n) is 9.25. The molecule has 27 heavy (non-hydrogen) atoms. The van der Waals surface area contributed by atoms with Crippen LogP contribution in [0.4, 0.5) is 0 Å². The van der Waals surface area contributed by atoms with E-state index in [0.717, 1.165) is 53.3 Å².